The van der Waals surface area contributed by atoms with Gasteiger partial charge in [0.05, 0.1) is 23.5 Å². The van der Waals surface area contributed by atoms with E-state index in [9.17, 15) is 4.79 Å². The Hall–Kier alpha value is -3.45. The second kappa shape index (κ2) is 9.37. The lowest BCUT2D eigenvalue weighted by Crippen LogP contribution is -2.34. The molecule has 0 aliphatic carbocycles. The van der Waals surface area contributed by atoms with Crippen LogP contribution >= 0.6 is 11.3 Å². The van der Waals surface area contributed by atoms with Gasteiger partial charge < -0.3 is 9.47 Å². The van der Waals surface area contributed by atoms with E-state index in [1.54, 1.807) is 11.1 Å². The van der Waals surface area contributed by atoms with Crippen LogP contribution in [0.1, 0.15) is 12.6 Å². The molecule has 2 aromatic heterocycles. The monoisotopic (exact) mass is 419 g/mol. The Balaban J connectivity index is 1.63. The Kier molecular flexibility index (Phi) is 6.20. The summed E-state index contributed by atoms with van der Waals surface area (Å²) in [5, 5.41) is 0.587. The molecule has 30 heavy (non-hydrogen) atoms. The van der Waals surface area contributed by atoms with Crippen molar-refractivity contribution in [3.8, 4) is 11.5 Å². The number of pyridine rings is 1. The van der Waals surface area contributed by atoms with E-state index in [-0.39, 0.29) is 12.5 Å². The zero-order chi connectivity index (χ0) is 20.8. The summed E-state index contributed by atoms with van der Waals surface area (Å²) in [6.07, 6.45) is 1.71. The third kappa shape index (κ3) is 4.58. The van der Waals surface area contributed by atoms with Crippen molar-refractivity contribution in [3.05, 3.63) is 78.6 Å². The summed E-state index contributed by atoms with van der Waals surface area (Å²) >= 11 is 1.45. The lowest BCUT2D eigenvalue weighted by molar-refractivity contribution is -0.120. The first-order valence-electron chi connectivity index (χ1n) is 9.65. The third-order valence-corrected chi connectivity index (χ3v) is 5.40. The van der Waals surface area contributed by atoms with E-state index in [1.807, 2.05) is 73.7 Å². The van der Waals surface area contributed by atoms with Gasteiger partial charge in [0.15, 0.2) is 11.7 Å². The molecule has 0 unspecified atom stereocenters. The predicted octanol–water partition coefficient (Wildman–Crippen LogP) is 4.70. The Bertz CT molecular complexity index is 1120. The Morgan fingerprint density at radius 1 is 1.00 bits per heavy atom. The highest BCUT2D eigenvalue weighted by Gasteiger charge is 2.22. The van der Waals surface area contributed by atoms with Gasteiger partial charge in [-0.2, -0.15) is 0 Å². The van der Waals surface area contributed by atoms with Gasteiger partial charge in [-0.3, -0.25) is 14.7 Å². The molecule has 2 heterocycles. The molecule has 0 saturated carbocycles. The lowest BCUT2D eigenvalue weighted by Gasteiger charge is -2.19. The number of fused-ring (bicyclic) bond motifs is 1. The molecule has 0 fully saturated rings. The summed E-state index contributed by atoms with van der Waals surface area (Å²) in [7, 11) is 0. The smallest absolute Gasteiger partial charge is 0.267 e. The van der Waals surface area contributed by atoms with Gasteiger partial charge in [0.2, 0.25) is 0 Å². The molecule has 0 atom stereocenters. The van der Waals surface area contributed by atoms with Gasteiger partial charge in [-0.25, -0.2) is 4.98 Å². The van der Waals surface area contributed by atoms with Gasteiger partial charge in [-0.1, -0.05) is 41.7 Å². The summed E-state index contributed by atoms with van der Waals surface area (Å²) in [5.41, 5.74) is 1.52. The number of hydrogen-bond acceptors (Lipinski definition) is 6. The van der Waals surface area contributed by atoms with Gasteiger partial charge >= 0.3 is 0 Å². The summed E-state index contributed by atoms with van der Waals surface area (Å²) in [5.74, 6) is 1.16. The van der Waals surface area contributed by atoms with Crippen molar-refractivity contribution >= 4 is 32.6 Å². The molecule has 4 rings (SSSR count). The zero-order valence-electron chi connectivity index (χ0n) is 16.5. The molecule has 152 valence electrons. The maximum Gasteiger partial charge on any atom is 0.267 e. The molecular weight excluding hydrogens is 398 g/mol. The van der Waals surface area contributed by atoms with Crippen LogP contribution in [-0.2, 0) is 11.3 Å². The molecule has 7 heteroatoms. The van der Waals surface area contributed by atoms with E-state index < -0.39 is 0 Å². The number of ether oxygens (including phenoxy) is 2. The first-order valence-corrected chi connectivity index (χ1v) is 10.5. The van der Waals surface area contributed by atoms with Crippen molar-refractivity contribution in [3.63, 3.8) is 0 Å². The van der Waals surface area contributed by atoms with Crippen LogP contribution in [0.5, 0.6) is 11.5 Å². The van der Waals surface area contributed by atoms with Crippen LogP contribution in [0.4, 0.5) is 5.13 Å². The van der Waals surface area contributed by atoms with E-state index in [1.165, 1.54) is 11.3 Å². The van der Waals surface area contributed by atoms with Crippen LogP contribution in [-0.4, -0.2) is 29.1 Å². The van der Waals surface area contributed by atoms with Crippen LogP contribution in [0.25, 0.3) is 10.2 Å². The summed E-state index contributed by atoms with van der Waals surface area (Å²) in [6.45, 7) is 2.70. The van der Waals surface area contributed by atoms with Crippen LogP contribution in [0, 0.1) is 0 Å². The van der Waals surface area contributed by atoms with E-state index in [2.05, 4.69) is 4.98 Å². The average Bonchev–Trinajstić information content (AvgIpc) is 3.22. The normalized spacial score (nSPS) is 10.7. The average molecular weight is 420 g/mol. The lowest BCUT2D eigenvalue weighted by atomic mass is 10.3. The number of carbonyl (C=O) groups excluding carboxylic acids is 1. The molecule has 0 radical (unpaired) electrons. The van der Waals surface area contributed by atoms with E-state index in [0.717, 1.165) is 15.9 Å². The summed E-state index contributed by atoms with van der Waals surface area (Å²) in [4.78, 5) is 23.8. The molecule has 4 aromatic rings. The topological polar surface area (TPSA) is 64.5 Å². The highest BCUT2D eigenvalue weighted by Crippen LogP contribution is 2.34. The van der Waals surface area contributed by atoms with Gasteiger partial charge in [0, 0.05) is 6.20 Å². The highest BCUT2D eigenvalue weighted by atomic mass is 32.1. The number of anilines is 1. The first-order chi connectivity index (χ1) is 14.7. The zero-order valence-corrected chi connectivity index (χ0v) is 17.3. The number of thiazole rings is 1. The molecule has 0 spiro atoms. The molecule has 2 aromatic carbocycles. The fraction of sp³-hybridized carbons (Fsp3) is 0.174. The molecule has 1 amide bonds. The Morgan fingerprint density at radius 3 is 2.60 bits per heavy atom. The van der Waals surface area contributed by atoms with Gasteiger partial charge in [-0.15, -0.1) is 0 Å². The largest absolute Gasteiger partial charge is 0.492 e. The summed E-state index contributed by atoms with van der Waals surface area (Å²) < 4.78 is 12.3. The number of rotatable bonds is 8. The standard InChI is InChI=1S/C23H21N3O3S/c1-2-28-19-12-8-13-20-22(19)25-23(30-20)26(15-17-9-6-7-14-24-17)21(27)16-29-18-10-4-3-5-11-18/h3-14H,2,15-16H2,1H3. The number of aromatic nitrogens is 2. The fourth-order valence-corrected chi connectivity index (χ4v) is 3.95. The van der Waals surface area contributed by atoms with Crippen LogP contribution in [0.3, 0.4) is 0 Å². The van der Waals surface area contributed by atoms with Crippen LogP contribution in [0.2, 0.25) is 0 Å². The number of nitrogens with zero attached hydrogens (tertiary/aromatic N) is 3. The minimum Gasteiger partial charge on any atom is -0.492 e. The van der Waals surface area contributed by atoms with Crippen molar-refractivity contribution in [1.29, 1.82) is 0 Å². The molecular formula is C23H21N3O3S. The maximum absolute atomic E-state index is 13.1. The van der Waals surface area contributed by atoms with Crippen molar-refractivity contribution < 1.29 is 14.3 Å². The number of para-hydroxylation sites is 2. The fourth-order valence-electron chi connectivity index (χ4n) is 2.95. The maximum atomic E-state index is 13.1. The number of benzene rings is 2. The van der Waals surface area contributed by atoms with Crippen molar-refractivity contribution in [2.24, 2.45) is 0 Å². The van der Waals surface area contributed by atoms with Crippen molar-refractivity contribution in [2.75, 3.05) is 18.1 Å². The molecule has 0 aliphatic heterocycles. The molecule has 0 bridgehead atoms. The molecule has 0 aliphatic rings. The number of carbonyl (C=O) groups is 1. The Labute approximate surface area is 178 Å². The van der Waals surface area contributed by atoms with E-state index >= 15 is 0 Å². The van der Waals surface area contributed by atoms with E-state index in [4.69, 9.17) is 14.5 Å². The van der Waals surface area contributed by atoms with Crippen LogP contribution in [0.15, 0.2) is 72.9 Å². The molecule has 0 saturated heterocycles. The first kappa shape index (κ1) is 19.8. The van der Waals surface area contributed by atoms with Gasteiger partial charge in [0.25, 0.3) is 5.91 Å². The number of hydrogen-bond donors (Lipinski definition) is 0. The second-order valence-corrected chi connectivity index (χ2v) is 7.44. The predicted molar refractivity (Wildman–Crippen MR) is 118 cm³/mol. The molecule has 6 nitrogen and oxygen atoms in total. The highest BCUT2D eigenvalue weighted by molar-refractivity contribution is 7.22. The van der Waals surface area contributed by atoms with Gasteiger partial charge in [0.1, 0.15) is 17.0 Å². The van der Waals surface area contributed by atoms with E-state index in [0.29, 0.717) is 29.8 Å². The van der Waals surface area contributed by atoms with Crippen molar-refractivity contribution in [1.82, 2.24) is 9.97 Å². The van der Waals surface area contributed by atoms with Crippen molar-refractivity contribution in [2.45, 2.75) is 13.5 Å². The Morgan fingerprint density at radius 2 is 1.83 bits per heavy atom. The quantitative estimate of drug-likeness (QED) is 0.414. The minimum absolute atomic E-state index is 0.0922. The third-order valence-electron chi connectivity index (χ3n) is 4.35. The summed E-state index contributed by atoms with van der Waals surface area (Å²) in [6, 6.07) is 20.7. The van der Waals surface area contributed by atoms with Crippen LogP contribution < -0.4 is 14.4 Å². The second-order valence-electron chi connectivity index (χ2n) is 6.44. The SMILES string of the molecule is CCOc1cccc2sc(N(Cc3ccccn3)C(=O)COc3ccccc3)nc12. The molecule has 0 N–H and O–H groups in total. The minimum atomic E-state index is -0.193. The van der Waals surface area contributed by atoms with Gasteiger partial charge in [-0.05, 0) is 43.3 Å². The number of amides is 1.